The maximum Gasteiger partial charge on any atom is 0.337 e. The van der Waals surface area contributed by atoms with Crippen molar-refractivity contribution < 1.29 is 24.2 Å². The Bertz CT molecular complexity index is 1760. The molecule has 0 radical (unpaired) electrons. The second-order valence-electron chi connectivity index (χ2n) is 14.3. The van der Waals surface area contributed by atoms with E-state index in [1.807, 2.05) is 43.3 Å². The molecule has 9 nitrogen and oxygen atoms in total. The molecule has 2 atom stereocenters. The Balaban J connectivity index is 1.04. The van der Waals surface area contributed by atoms with Gasteiger partial charge in [0.05, 0.1) is 58.7 Å². The number of ether oxygens (including phenoxy) is 2. The van der Waals surface area contributed by atoms with Crippen LogP contribution < -0.4 is 14.5 Å². The Labute approximate surface area is 290 Å². The van der Waals surface area contributed by atoms with Crippen LogP contribution in [0.3, 0.4) is 0 Å². The van der Waals surface area contributed by atoms with Crippen molar-refractivity contribution in [3.63, 3.8) is 0 Å². The Hall–Kier alpha value is -3.50. The van der Waals surface area contributed by atoms with E-state index in [9.17, 15) is 14.7 Å². The molecule has 1 amide bonds. The van der Waals surface area contributed by atoms with Crippen LogP contribution in [0.5, 0.6) is 5.75 Å². The number of hydrogen-bond donors (Lipinski definition) is 1. The molecule has 0 aliphatic carbocycles. The average Bonchev–Trinajstić information content (AvgIpc) is 3.29. The number of carbonyl (C=O) groups is 2. The van der Waals surface area contributed by atoms with E-state index >= 15 is 0 Å². The summed E-state index contributed by atoms with van der Waals surface area (Å²) in [4.78, 5) is 34.8. The molecule has 4 fully saturated rings. The third-order valence-corrected chi connectivity index (χ3v) is 11.8. The number of para-hydroxylation sites is 1. The van der Waals surface area contributed by atoms with Crippen molar-refractivity contribution in [2.45, 2.75) is 51.2 Å². The molecule has 3 aromatic carbocycles. The van der Waals surface area contributed by atoms with Crippen LogP contribution in [-0.4, -0.2) is 92.0 Å². The van der Waals surface area contributed by atoms with Crippen LogP contribution in [0.2, 0.25) is 10.0 Å². The van der Waals surface area contributed by atoms with Gasteiger partial charge in [-0.3, -0.25) is 4.79 Å². The minimum atomic E-state index is -0.942. The van der Waals surface area contributed by atoms with E-state index in [1.54, 1.807) is 11.0 Å². The summed E-state index contributed by atoms with van der Waals surface area (Å²) in [5.41, 5.74) is 6.08. The zero-order valence-electron chi connectivity index (χ0n) is 27.3. The van der Waals surface area contributed by atoms with Gasteiger partial charge < -0.3 is 34.2 Å². The van der Waals surface area contributed by atoms with Gasteiger partial charge in [-0.2, -0.15) is 0 Å². The number of likely N-dealkylation sites (tertiary alicyclic amines) is 1. The van der Waals surface area contributed by atoms with Gasteiger partial charge in [0.25, 0.3) is 5.91 Å². The first-order chi connectivity index (χ1) is 23.1. The van der Waals surface area contributed by atoms with Gasteiger partial charge in [-0.05, 0) is 88.1 Å². The molecule has 0 saturated carbocycles. The molecule has 0 aromatic heterocycles. The SMILES string of the molecule is Cc1cc(C(=O)O)c(N2C3CCC2COC3)cc1-c1cccc2c1OCN(C(=O)c1c(Cl)cc(N3CC4(CCN(C)CC4)C3)cc1Cl)C2. The fourth-order valence-electron chi connectivity index (χ4n) is 8.47. The van der Waals surface area contributed by atoms with E-state index in [4.69, 9.17) is 32.7 Å². The number of fused-ring (bicyclic) bond motifs is 3. The molecule has 2 unspecified atom stereocenters. The number of carbonyl (C=O) groups excluding carboxylic acids is 1. The van der Waals surface area contributed by atoms with Gasteiger partial charge in [-0.1, -0.05) is 41.4 Å². The van der Waals surface area contributed by atoms with Gasteiger partial charge in [0.1, 0.15) is 5.75 Å². The quantitative estimate of drug-likeness (QED) is 0.322. The lowest BCUT2D eigenvalue weighted by Gasteiger charge is -2.54. The van der Waals surface area contributed by atoms with Crippen molar-refractivity contribution in [2.24, 2.45) is 5.41 Å². The van der Waals surface area contributed by atoms with Crippen molar-refractivity contribution in [1.82, 2.24) is 9.80 Å². The molecule has 3 aromatic rings. The summed E-state index contributed by atoms with van der Waals surface area (Å²) in [6.45, 7) is 7.69. The van der Waals surface area contributed by atoms with Crippen LogP contribution in [0.25, 0.3) is 11.1 Å². The summed E-state index contributed by atoms with van der Waals surface area (Å²) in [5, 5.41) is 10.8. The fraction of sp³-hybridized carbons (Fsp3) is 0.459. The van der Waals surface area contributed by atoms with Crippen molar-refractivity contribution >= 4 is 46.5 Å². The number of anilines is 2. The Kier molecular flexibility index (Phi) is 8.02. The highest BCUT2D eigenvalue weighted by Crippen LogP contribution is 2.46. The van der Waals surface area contributed by atoms with Gasteiger partial charge in [0.15, 0.2) is 6.73 Å². The smallest absolute Gasteiger partial charge is 0.337 e. The van der Waals surface area contributed by atoms with Crippen LogP contribution in [-0.2, 0) is 11.3 Å². The molecule has 4 saturated heterocycles. The van der Waals surface area contributed by atoms with E-state index in [2.05, 4.69) is 21.7 Å². The van der Waals surface area contributed by atoms with Crippen molar-refractivity contribution in [2.75, 3.05) is 63.0 Å². The first-order valence-electron chi connectivity index (χ1n) is 16.8. The molecule has 252 valence electrons. The Morgan fingerprint density at radius 3 is 2.31 bits per heavy atom. The number of aryl methyl sites for hydroxylation is 1. The van der Waals surface area contributed by atoms with E-state index < -0.39 is 5.97 Å². The fourth-order valence-corrected chi connectivity index (χ4v) is 9.11. The molecule has 1 N–H and O–H groups in total. The minimum Gasteiger partial charge on any atom is -0.478 e. The zero-order valence-corrected chi connectivity index (χ0v) is 28.8. The molecule has 5 heterocycles. The number of halogens is 2. The van der Waals surface area contributed by atoms with Crippen LogP contribution in [0.1, 0.15) is 57.5 Å². The van der Waals surface area contributed by atoms with Gasteiger partial charge in [0.2, 0.25) is 0 Å². The third kappa shape index (κ3) is 5.39. The third-order valence-electron chi connectivity index (χ3n) is 11.2. The number of nitrogens with zero attached hydrogens (tertiary/aromatic N) is 4. The van der Waals surface area contributed by atoms with Crippen LogP contribution in [0.4, 0.5) is 11.4 Å². The van der Waals surface area contributed by atoms with Gasteiger partial charge in [0, 0.05) is 35.3 Å². The lowest BCUT2D eigenvalue weighted by molar-refractivity contribution is 0.0516. The average molecular weight is 692 g/mol. The van der Waals surface area contributed by atoms with E-state index in [0.29, 0.717) is 46.5 Å². The molecule has 5 aliphatic rings. The molecule has 48 heavy (non-hydrogen) atoms. The maximum absolute atomic E-state index is 13.9. The highest BCUT2D eigenvalue weighted by atomic mass is 35.5. The van der Waals surface area contributed by atoms with Crippen LogP contribution >= 0.6 is 23.2 Å². The highest BCUT2D eigenvalue weighted by molar-refractivity contribution is 6.40. The summed E-state index contributed by atoms with van der Waals surface area (Å²) in [6, 6.07) is 13.7. The predicted molar refractivity (Wildman–Crippen MR) is 187 cm³/mol. The summed E-state index contributed by atoms with van der Waals surface area (Å²) >= 11 is 13.5. The molecular formula is C37H40Cl2N4O5. The molecular weight excluding hydrogens is 651 g/mol. The van der Waals surface area contributed by atoms with Gasteiger partial charge in [-0.15, -0.1) is 0 Å². The van der Waals surface area contributed by atoms with E-state index in [1.165, 1.54) is 12.8 Å². The number of piperidine rings is 1. The number of carboxylic acid groups (broad SMARTS) is 1. The van der Waals surface area contributed by atoms with Crippen molar-refractivity contribution in [1.29, 1.82) is 0 Å². The Morgan fingerprint density at radius 1 is 0.958 bits per heavy atom. The lowest BCUT2D eigenvalue weighted by Crippen LogP contribution is -2.60. The second kappa shape index (κ2) is 12.1. The number of benzene rings is 3. The molecule has 8 rings (SSSR count). The van der Waals surface area contributed by atoms with Crippen LogP contribution in [0.15, 0.2) is 42.5 Å². The molecule has 11 heteroatoms. The number of carboxylic acids is 1. The number of aromatic carboxylic acids is 1. The minimum absolute atomic E-state index is 0.0348. The zero-order chi connectivity index (χ0) is 33.3. The number of amides is 1. The number of morpholine rings is 1. The predicted octanol–water partition coefficient (Wildman–Crippen LogP) is 6.56. The number of hydrogen-bond acceptors (Lipinski definition) is 7. The summed E-state index contributed by atoms with van der Waals surface area (Å²) < 4.78 is 12.1. The second-order valence-corrected chi connectivity index (χ2v) is 15.1. The molecule has 5 aliphatic heterocycles. The van der Waals surface area contributed by atoms with E-state index in [-0.39, 0.29) is 30.3 Å². The summed E-state index contributed by atoms with van der Waals surface area (Å²) in [7, 11) is 2.18. The largest absolute Gasteiger partial charge is 0.478 e. The van der Waals surface area contributed by atoms with Gasteiger partial charge >= 0.3 is 5.97 Å². The molecule has 1 spiro atoms. The monoisotopic (exact) mass is 690 g/mol. The standard InChI is InChI=1S/C37H40Cl2N4O5/c1-22-12-29(36(45)46)32(43-24-6-7-25(43)18-47-17-24)15-28(22)27-5-3-4-23-16-41(21-48-34(23)27)35(44)33-30(38)13-26(14-31(33)39)42-19-37(20-42)8-10-40(2)11-9-37/h3-5,12-15,24-25H,6-11,16-21H2,1-2H3,(H,45,46). The highest BCUT2D eigenvalue weighted by Gasteiger charge is 2.45. The Morgan fingerprint density at radius 2 is 1.65 bits per heavy atom. The first-order valence-corrected chi connectivity index (χ1v) is 17.6. The normalized spacial score (nSPS) is 23.1. The number of rotatable bonds is 5. The topological polar surface area (TPSA) is 85.8 Å². The molecule has 2 bridgehead atoms. The van der Waals surface area contributed by atoms with Crippen LogP contribution in [0, 0.1) is 12.3 Å². The summed E-state index contributed by atoms with van der Waals surface area (Å²) in [5.74, 6) is -0.533. The van der Waals surface area contributed by atoms with E-state index in [0.717, 1.165) is 72.6 Å². The lowest BCUT2D eigenvalue weighted by atomic mass is 9.72. The van der Waals surface area contributed by atoms with Gasteiger partial charge in [-0.25, -0.2) is 4.79 Å². The summed E-state index contributed by atoms with van der Waals surface area (Å²) in [6.07, 6.45) is 4.35. The maximum atomic E-state index is 13.9. The van der Waals surface area contributed by atoms with Crippen molar-refractivity contribution in [3.8, 4) is 16.9 Å². The van der Waals surface area contributed by atoms with Crippen molar-refractivity contribution in [3.05, 3.63) is 74.8 Å². The first kappa shape index (κ1) is 31.7.